The van der Waals surface area contributed by atoms with Gasteiger partial charge >= 0.3 is 0 Å². The molecule has 1 aliphatic rings. The summed E-state index contributed by atoms with van der Waals surface area (Å²) in [5.41, 5.74) is 0.440. The van der Waals surface area contributed by atoms with E-state index in [4.69, 9.17) is 4.74 Å². The van der Waals surface area contributed by atoms with Gasteiger partial charge in [-0.2, -0.15) is 0 Å². The molecule has 3 heteroatoms. The van der Waals surface area contributed by atoms with E-state index < -0.39 is 5.41 Å². The first-order chi connectivity index (χ1) is 7.41. The molecule has 0 spiro atoms. The number of hydrogen-bond donors (Lipinski definition) is 0. The largest absolute Gasteiger partial charge is 0.489 e. The standard InChI is InChI=1S/C13H15FO2/c1-8-4-5-9(14)6-10(8)16-12-7-11(15)13(12,2)3/h4-6,12H,7H2,1-3H3. The molecule has 0 heterocycles. The molecule has 86 valence electrons. The molecule has 16 heavy (non-hydrogen) atoms. The molecule has 1 aromatic carbocycles. The fourth-order valence-corrected chi connectivity index (χ4v) is 1.78. The molecule has 1 aromatic rings. The summed E-state index contributed by atoms with van der Waals surface area (Å²) in [6.45, 7) is 5.58. The Bertz CT molecular complexity index is 438. The highest BCUT2D eigenvalue weighted by Crippen LogP contribution is 2.39. The summed E-state index contributed by atoms with van der Waals surface area (Å²) in [5, 5.41) is 0. The van der Waals surface area contributed by atoms with E-state index in [2.05, 4.69) is 0 Å². The van der Waals surface area contributed by atoms with E-state index in [0.717, 1.165) is 5.56 Å². The summed E-state index contributed by atoms with van der Waals surface area (Å²) in [4.78, 5) is 11.4. The van der Waals surface area contributed by atoms with Crippen LogP contribution in [-0.2, 0) is 4.79 Å². The van der Waals surface area contributed by atoms with Crippen molar-refractivity contribution in [3.8, 4) is 5.75 Å². The third kappa shape index (κ3) is 1.70. The monoisotopic (exact) mass is 222 g/mol. The predicted molar refractivity (Wildman–Crippen MR) is 59.0 cm³/mol. The molecule has 2 rings (SSSR count). The highest BCUT2D eigenvalue weighted by molar-refractivity contribution is 5.91. The van der Waals surface area contributed by atoms with Gasteiger partial charge in [0.25, 0.3) is 0 Å². The average Bonchev–Trinajstić information content (AvgIpc) is 2.23. The first-order valence-corrected chi connectivity index (χ1v) is 5.37. The van der Waals surface area contributed by atoms with Crippen molar-refractivity contribution in [2.24, 2.45) is 5.41 Å². The van der Waals surface area contributed by atoms with Gasteiger partial charge in [0.1, 0.15) is 23.5 Å². The summed E-state index contributed by atoms with van der Waals surface area (Å²) in [7, 11) is 0. The topological polar surface area (TPSA) is 26.3 Å². The summed E-state index contributed by atoms with van der Waals surface area (Å²) >= 11 is 0. The van der Waals surface area contributed by atoms with Crippen LogP contribution in [0.3, 0.4) is 0 Å². The lowest BCUT2D eigenvalue weighted by molar-refractivity contribution is -0.148. The average molecular weight is 222 g/mol. The Morgan fingerprint density at radius 1 is 1.44 bits per heavy atom. The molecule has 0 N–H and O–H groups in total. The molecule has 0 radical (unpaired) electrons. The van der Waals surface area contributed by atoms with Gasteiger partial charge in [-0.1, -0.05) is 6.07 Å². The number of ketones is 1. The van der Waals surface area contributed by atoms with E-state index in [0.29, 0.717) is 12.2 Å². The van der Waals surface area contributed by atoms with Crippen LogP contribution in [0.5, 0.6) is 5.75 Å². The smallest absolute Gasteiger partial charge is 0.145 e. The number of carbonyl (C=O) groups is 1. The predicted octanol–water partition coefficient (Wildman–Crippen LogP) is 2.88. The van der Waals surface area contributed by atoms with Crippen molar-refractivity contribution in [2.75, 3.05) is 0 Å². The minimum absolute atomic E-state index is 0.138. The molecular weight excluding hydrogens is 207 g/mol. The van der Waals surface area contributed by atoms with Crippen molar-refractivity contribution in [2.45, 2.75) is 33.3 Å². The van der Waals surface area contributed by atoms with E-state index in [1.54, 1.807) is 6.07 Å². The zero-order chi connectivity index (χ0) is 11.9. The van der Waals surface area contributed by atoms with Crippen molar-refractivity contribution < 1.29 is 13.9 Å². The molecule has 2 nitrogen and oxygen atoms in total. The molecule has 0 aromatic heterocycles. The third-order valence-electron chi connectivity index (χ3n) is 3.31. The molecule has 0 aliphatic heterocycles. The van der Waals surface area contributed by atoms with Crippen molar-refractivity contribution in [3.05, 3.63) is 29.6 Å². The maximum Gasteiger partial charge on any atom is 0.145 e. The first kappa shape index (κ1) is 11.1. The van der Waals surface area contributed by atoms with Crippen LogP contribution in [0.4, 0.5) is 4.39 Å². The van der Waals surface area contributed by atoms with Gasteiger partial charge in [-0.15, -0.1) is 0 Å². The number of benzene rings is 1. The van der Waals surface area contributed by atoms with Crippen molar-refractivity contribution >= 4 is 5.78 Å². The Hall–Kier alpha value is -1.38. The normalized spacial score (nSPS) is 22.8. The Morgan fingerprint density at radius 3 is 2.69 bits per heavy atom. The van der Waals surface area contributed by atoms with Gasteiger partial charge in [0.2, 0.25) is 0 Å². The zero-order valence-electron chi connectivity index (χ0n) is 9.71. The second-order valence-electron chi connectivity index (χ2n) is 4.87. The lowest BCUT2D eigenvalue weighted by Gasteiger charge is -2.42. The maximum absolute atomic E-state index is 13.0. The van der Waals surface area contributed by atoms with Crippen molar-refractivity contribution in [3.63, 3.8) is 0 Å². The van der Waals surface area contributed by atoms with Gasteiger partial charge in [-0.05, 0) is 32.4 Å². The number of aryl methyl sites for hydroxylation is 1. The van der Waals surface area contributed by atoms with Crippen LogP contribution in [-0.4, -0.2) is 11.9 Å². The molecule has 0 amide bonds. The number of carbonyl (C=O) groups excluding carboxylic acids is 1. The van der Waals surface area contributed by atoms with Gasteiger partial charge in [0.05, 0.1) is 5.41 Å². The number of halogens is 1. The lowest BCUT2D eigenvalue weighted by Crippen LogP contribution is -2.53. The fourth-order valence-electron chi connectivity index (χ4n) is 1.78. The number of ether oxygens (including phenoxy) is 1. The van der Waals surface area contributed by atoms with Crippen LogP contribution in [0, 0.1) is 18.2 Å². The fraction of sp³-hybridized carbons (Fsp3) is 0.462. The number of Topliss-reactive ketones (excluding diaryl/α,β-unsaturated/α-hetero) is 1. The van der Waals surface area contributed by atoms with Crippen LogP contribution in [0.1, 0.15) is 25.8 Å². The Balaban J connectivity index is 2.16. The molecule has 1 aliphatic carbocycles. The molecule has 1 fully saturated rings. The number of rotatable bonds is 2. The first-order valence-electron chi connectivity index (χ1n) is 5.37. The van der Waals surface area contributed by atoms with E-state index in [1.165, 1.54) is 12.1 Å². The second kappa shape index (κ2) is 3.58. The minimum Gasteiger partial charge on any atom is -0.489 e. The SMILES string of the molecule is Cc1ccc(F)cc1OC1CC(=O)C1(C)C. The Morgan fingerprint density at radius 2 is 2.12 bits per heavy atom. The van der Waals surface area contributed by atoms with Gasteiger partial charge in [0, 0.05) is 12.5 Å². The van der Waals surface area contributed by atoms with E-state index in [-0.39, 0.29) is 17.7 Å². The van der Waals surface area contributed by atoms with Gasteiger partial charge < -0.3 is 4.74 Å². The van der Waals surface area contributed by atoms with Crippen molar-refractivity contribution in [1.29, 1.82) is 0 Å². The van der Waals surface area contributed by atoms with E-state index >= 15 is 0 Å². The molecule has 1 atom stereocenters. The quantitative estimate of drug-likeness (QED) is 0.769. The summed E-state index contributed by atoms with van der Waals surface area (Å²) < 4.78 is 18.7. The number of hydrogen-bond acceptors (Lipinski definition) is 2. The van der Waals surface area contributed by atoms with Crippen molar-refractivity contribution in [1.82, 2.24) is 0 Å². The summed E-state index contributed by atoms with van der Waals surface area (Å²) in [6.07, 6.45) is 0.281. The third-order valence-corrected chi connectivity index (χ3v) is 3.31. The second-order valence-corrected chi connectivity index (χ2v) is 4.87. The van der Waals surface area contributed by atoms with Crippen LogP contribution < -0.4 is 4.74 Å². The molecule has 1 unspecified atom stereocenters. The Labute approximate surface area is 94.4 Å². The lowest BCUT2D eigenvalue weighted by atomic mass is 9.68. The van der Waals surface area contributed by atoms with E-state index in [9.17, 15) is 9.18 Å². The highest BCUT2D eigenvalue weighted by Gasteiger charge is 2.49. The molecule has 0 saturated heterocycles. The molecule has 0 bridgehead atoms. The van der Waals surface area contributed by atoms with Crippen LogP contribution in [0.2, 0.25) is 0 Å². The Kier molecular flexibility index (Phi) is 2.49. The van der Waals surface area contributed by atoms with Gasteiger partial charge in [-0.3, -0.25) is 4.79 Å². The van der Waals surface area contributed by atoms with Crippen LogP contribution >= 0.6 is 0 Å². The summed E-state index contributed by atoms with van der Waals surface area (Å²) in [5.74, 6) is 0.418. The highest BCUT2D eigenvalue weighted by atomic mass is 19.1. The molecular formula is C13H15FO2. The van der Waals surface area contributed by atoms with Crippen LogP contribution in [0.15, 0.2) is 18.2 Å². The van der Waals surface area contributed by atoms with Gasteiger partial charge in [0.15, 0.2) is 0 Å². The maximum atomic E-state index is 13.0. The van der Waals surface area contributed by atoms with Crippen LogP contribution in [0.25, 0.3) is 0 Å². The zero-order valence-corrected chi connectivity index (χ0v) is 9.71. The molecule has 1 saturated carbocycles. The van der Waals surface area contributed by atoms with E-state index in [1.807, 2.05) is 20.8 Å². The minimum atomic E-state index is -0.446. The van der Waals surface area contributed by atoms with Gasteiger partial charge in [-0.25, -0.2) is 4.39 Å². The summed E-state index contributed by atoms with van der Waals surface area (Å²) in [6, 6.07) is 4.45.